The molecule has 2 heteroatoms. The first-order valence-corrected chi connectivity index (χ1v) is 5.11. The lowest BCUT2D eigenvalue weighted by Crippen LogP contribution is -2.18. The van der Waals surface area contributed by atoms with Crippen molar-refractivity contribution in [2.45, 2.75) is 32.2 Å². The molecular weight excluding hydrogens is 182 g/mol. The maximum absolute atomic E-state index is 6.05. The van der Waals surface area contributed by atoms with E-state index in [9.17, 15) is 0 Å². The third-order valence-electron chi connectivity index (χ3n) is 2.77. The lowest BCUT2D eigenvalue weighted by molar-refractivity contribution is 0.567. The minimum Gasteiger partial charge on any atom is -0.324 e. The van der Waals surface area contributed by atoms with E-state index in [0.29, 0.717) is 0 Å². The van der Waals surface area contributed by atoms with Gasteiger partial charge in [-0.2, -0.15) is 0 Å². The summed E-state index contributed by atoms with van der Waals surface area (Å²) in [6, 6.07) is 4.29. The number of nitrogens with two attached hydrogens (primary N) is 1. The number of benzene rings is 1. The Labute approximate surface area is 83.9 Å². The Hall–Kier alpha value is -0.530. The molecule has 1 aliphatic carbocycles. The first-order chi connectivity index (χ1) is 6.18. The molecule has 2 rings (SSSR count). The van der Waals surface area contributed by atoms with Crippen molar-refractivity contribution < 1.29 is 0 Å². The van der Waals surface area contributed by atoms with Crippen LogP contribution in [0.5, 0.6) is 0 Å². The molecule has 0 aliphatic heterocycles. The van der Waals surface area contributed by atoms with E-state index in [1.807, 2.05) is 6.07 Å². The van der Waals surface area contributed by atoms with Crippen molar-refractivity contribution in [3.63, 3.8) is 0 Å². The Morgan fingerprint density at radius 2 is 2.23 bits per heavy atom. The first kappa shape index (κ1) is 9.04. The molecule has 0 aromatic heterocycles. The summed E-state index contributed by atoms with van der Waals surface area (Å²) < 4.78 is 0. The Kier molecular flexibility index (Phi) is 2.31. The van der Waals surface area contributed by atoms with E-state index in [4.69, 9.17) is 17.3 Å². The molecule has 0 unspecified atom stereocenters. The van der Waals surface area contributed by atoms with Gasteiger partial charge in [0, 0.05) is 11.1 Å². The van der Waals surface area contributed by atoms with Crippen LogP contribution in [-0.2, 0) is 6.42 Å². The molecule has 13 heavy (non-hydrogen) atoms. The highest BCUT2D eigenvalue weighted by Gasteiger charge is 2.18. The average molecular weight is 196 g/mol. The van der Waals surface area contributed by atoms with E-state index in [1.54, 1.807) is 0 Å². The van der Waals surface area contributed by atoms with Gasteiger partial charge in [0.1, 0.15) is 0 Å². The van der Waals surface area contributed by atoms with Crippen molar-refractivity contribution in [1.82, 2.24) is 0 Å². The van der Waals surface area contributed by atoms with Crippen LogP contribution in [0.25, 0.3) is 0 Å². The minimum atomic E-state index is 0.223. The summed E-state index contributed by atoms with van der Waals surface area (Å²) in [6.07, 6.45) is 3.42. The number of halogens is 1. The van der Waals surface area contributed by atoms with Gasteiger partial charge < -0.3 is 5.73 Å². The maximum Gasteiger partial charge on any atom is 0.0411 e. The Morgan fingerprint density at radius 1 is 1.46 bits per heavy atom. The third kappa shape index (κ3) is 1.59. The zero-order valence-electron chi connectivity index (χ0n) is 7.81. The van der Waals surface area contributed by atoms with Crippen LogP contribution in [0.3, 0.4) is 0 Å². The summed E-state index contributed by atoms with van der Waals surface area (Å²) in [6.45, 7) is 2.09. The fourth-order valence-electron chi connectivity index (χ4n) is 2.22. The molecule has 0 amide bonds. The van der Waals surface area contributed by atoms with Crippen LogP contribution in [0, 0.1) is 6.92 Å². The van der Waals surface area contributed by atoms with Crippen LogP contribution < -0.4 is 5.73 Å². The van der Waals surface area contributed by atoms with E-state index < -0.39 is 0 Å². The van der Waals surface area contributed by atoms with E-state index in [0.717, 1.165) is 17.9 Å². The molecule has 1 nitrogen and oxygen atoms in total. The molecule has 0 heterocycles. The molecule has 70 valence electrons. The molecule has 0 saturated carbocycles. The molecule has 2 N–H and O–H groups in total. The summed E-state index contributed by atoms with van der Waals surface area (Å²) >= 11 is 5.99. The van der Waals surface area contributed by atoms with Crippen molar-refractivity contribution in [2.75, 3.05) is 0 Å². The largest absolute Gasteiger partial charge is 0.324 e. The smallest absolute Gasteiger partial charge is 0.0411 e. The van der Waals surface area contributed by atoms with Crippen LogP contribution >= 0.6 is 11.6 Å². The van der Waals surface area contributed by atoms with Gasteiger partial charge in [0.05, 0.1) is 0 Å². The summed E-state index contributed by atoms with van der Waals surface area (Å²) in [5.41, 5.74) is 9.98. The molecule has 1 aromatic carbocycles. The van der Waals surface area contributed by atoms with Gasteiger partial charge in [-0.25, -0.2) is 0 Å². The van der Waals surface area contributed by atoms with Gasteiger partial charge in [-0.3, -0.25) is 0 Å². The monoisotopic (exact) mass is 195 g/mol. The summed E-state index contributed by atoms with van der Waals surface area (Å²) in [5.74, 6) is 0. The standard InChI is InChI=1S/C11H14ClN/c1-7-5-9(12)6-8-3-2-4-10(13)11(7)8/h5-6,10H,2-4,13H2,1H3/t10-/m0/s1. The number of hydrogen-bond acceptors (Lipinski definition) is 1. The number of aryl methyl sites for hydroxylation is 2. The lowest BCUT2D eigenvalue weighted by Gasteiger charge is -2.24. The van der Waals surface area contributed by atoms with Crippen molar-refractivity contribution in [3.05, 3.63) is 33.8 Å². The van der Waals surface area contributed by atoms with Crippen LogP contribution in [0.15, 0.2) is 12.1 Å². The van der Waals surface area contributed by atoms with E-state index >= 15 is 0 Å². The van der Waals surface area contributed by atoms with Gasteiger partial charge in [-0.05, 0) is 55.0 Å². The van der Waals surface area contributed by atoms with E-state index in [-0.39, 0.29) is 6.04 Å². The zero-order valence-corrected chi connectivity index (χ0v) is 8.56. The number of hydrogen-bond donors (Lipinski definition) is 1. The lowest BCUT2D eigenvalue weighted by atomic mass is 9.85. The zero-order chi connectivity index (χ0) is 9.42. The summed E-state index contributed by atoms with van der Waals surface area (Å²) in [4.78, 5) is 0. The predicted octanol–water partition coefficient (Wildman–Crippen LogP) is 2.98. The molecule has 1 aromatic rings. The van der Waals surface area contributed by atoms with Gasteiger partial charge in [0.2, 0.25) is 0 Å². The van der Waals surface area contributed by atoms with Crippen molar-refractivity contribution in [1.29, 1.82) is 0 Å². The minimum absolute atomic E-state index is 0.223. The molecule has 1 atom stereocenters. The fourth-order valence-corrected chi connectivity index (χ4v) is 2.51. The molecule has 1 aliphatic rings. The summed E-state index contributed by atoms with van der Waals surface area (Å²) in [5, 5.41) is 0.838. The maximum atomic E-state index is 6.05. The Bertz CT molecular complexity index is 333. The van der Waals surface area contributed by atoms with E-state index in [2.05, 4.69) is 13.0 Å². The molecule has 0 bridgehead atoms. The normalized spacial score (nSPS) is 21.3. The number of rotatable bonds is 0. The van der Waals surface area contributed by atoms with Crippen molar-refractivity contribution in [2.24, 2.45) is 5.73 Å². The average Bonchev–Trinajstić information content (AvgIpc) is 2.02. The third-order valence-corrected chi connectivity index (χ3v) is 2.99. The van der Waals surface area contributed by atoms with Crippen LogP contribution in [0.4, 0.5) is 0 Å². The molecule has 0 saturated heterocycles. The topological polar surface area (TPSA) is 26.0 Å². The van der Waals surface area contributed by atoms with Gasteiger partial charge in [0.15, 0.2) is 0 Å². The Balaban J connectivity index is 2.56. The van der Waals surface area contributed by atoms with Crippen LogP contribution in [0.1, 0.15) is 35.6 Å². The fraction of sp³-hybridized carbons (Fsp3) is 0.455. The number of fused-ring (bicyclic) bond motifs is 1. The second-order valence-corrected chi connectivity index (χ2v) is 4.23. The molecule has 0 spiro atoms. The van der Waals surface area contributed by atoms with Gasteiger partial charge >= 0.3 is 0 Å². The van der Waals surface area contributed by atoms with E-state index in [1.165, 1.54) is 23.1 Å². The highest BCUT2D eigenvalue weighted by molar-refractivity contribution is 6.30. The second kappa shape index (κ2) is 3.32. The highest BCUT2D eigenvalue weighted by atomic mass is 35.5. The van der Waals surface area contributed by atoms with Crippen LogP contribution in [-0.4, -0.2) is 0 Å². The second-order valence-electron chi connectivity index (χ2n) is 3.79. The van der Waals surface area contributed by atoms with Crippen molar-refractivity contribution >= 4 is 11.6 Å². The molecular formula is C11H14ClN. The quantitative estimate of drug-likeness (QED) is 0.677. The Morgan fingerprint density at radius 3 is 3.00 bits per heavy atom. The van der Waals surface area contributed by atoms with Crippen LogP contribution in [0.2, 0.25) is 5.02 Å². The van der Waals surface area contributed by atoms with Gasteiger partial charge in [-0.1, -0.05) is 11.6 Å². The molecule has 0 fully saturated rings. The predicted molar refractivity (Wildman–Crippen MR) is 56.1 cm³/mol. The SMILES string of the molecule is Cc1cc(Cl)cc2c1[C@@H](N)CCC2. The highest BCUT2D eigenvalue weighted by Crippen LogP contribution is 2.32. The van der Waals surface area contributed by atoms with Crippen molar-refractivity contribution in [3.8, 4) is 0 Å². The first-order valence-electron chi connectivity index (χ1n) is 4.73. The van der Waals surface area contributed by atoms with Gasteiger partial charge in [0.25, 0.3) is 0 Å². The summed E-state index contributed by atoms with van der Waals surface area (Å²) in [7, 11) is 0. The molecule has 0 radical (unpaired) electrons. The van der Waals surface area contributed by atoms with Gasteiger partial charge in [-0.15, -0.1) is 0 Å².